The number of aliphatic hydroxyl groups excluding tert-OH is 1. The molecule has 1 unspecified atom stereocenters. The van der Waals surface area contributed by atoms with Gasteiger partial charge < -0.3 is 15.6 Å². The minimum atomic E-state index is -0.753. The van der Waals surface area contributed by atoms with Crippen molar-refractivity contribution in [1.29, 1.82) is 0 Å². The van der Waals surface area contributed by atoms with E-state index in [4.69, 9.17) is 15.6 Å². The Bertz CT molecular complexity index is 317. The molecule has 0 aliphatic carbocycles. The fourth-order valence-corrected chi connectivity index (χ4v) is 1.35. The lowest BCUT2D eigenvalue weighted by atomic mass is 9.99. The largest absolute Gasteiger partial charge is 0.497 e. The van der Waals surface area contributed by atoms with Gasteiger partial charge in [0, 0.05) is 30.2 Å². The summed E-state index contributed by atoms with van der Waals surface area (Å²) < 4.78 is 31.6. The monoisotopic (exact) mass is 217 g/mol. The zero-order chi connectivity index (χ0) is 11.4. The third-order valence-electron chi connectivity index (χ3n) is 2.20. The fourth-order valence-electron chi connectivity index (χ4n) is 1.35. The molecule has 0 saturated heterocycles. The van der Waals surface area contributed by atoms with E-state index in [-0.39, 0.29) is 17.9 Å². The first-order chi connectivity index (χ1) is 7.13. The average molecular weight is 217 g/mol. The van der Waals surface area contributed by atoms with Gasteiger partial charge in [0.25, 0.3) is 0 Å². The quantitative estimate of drug-likeness (QED) is 0.791. The van der Waals surface area contributed by atoms with Crippen molar-refractivity contribution < 1.29 is 18.6 Å². The molecule has 84 valence electrons. The Labute approximate surface area is 86.5 Å². The van der Waals surface area contributed by atoms with Crippen LogP contribution in [-0.4, -0.2) is 25.4 Å². The Hall–Kier alpha value is -1.20. The third-order valence-corrected chi connectivity index (χ3v) is 2.20. The Balaban J connectivity index is 3.18. The van der Waals surface area contributed by atoms with Gasteiger partial charge in [-0.15, -0.1) is 0 Å². The van der Waals surface area contributed by atoms with Gasteiger partial charge in [0.1, 0.15) is 17.4 Å². The molecule has 0 heterocycles. The predicted octanol–water partition coefficient (Wildman–Crippen LogP) is 1.01. The molecule has 1 rings (SSSR count). The average Bonchev–Trinajstić information content (AvgIpc) is 2.23. The van der Waals surface area contributed by atoms with E-state index in [0.29, 0.717) is 0 Å². The van der Waals surface area contributed by atoms with Crippen LogP contribution < -0.4 is 10.5 Å². The SMILES string of the molecule is COc1cc(F)c(C(CN)CO)c(F)c1. The van der Waals surface area contributed by atoms with Crippen LogP contribution in [0.5, 0.6) is 5.75 Å². The highest BCUT2D eigenvalue weighted by molar-refractivity contribution is 5.33. The van der Waals surface area contributed by atoms with E-state index >= 15 is 0 Å². The summed E-state index contributed by atoms with van der Waals surface area (Å²) in [5.41, 5.74) is 5.11. The van der Waals surface area contributed by atoms with Crippen LogP contribution in [-0.2, 0) is 0 Å². The summed E-state index contributed by atoms with van der Waals surface area (Å²) in [4.78, 5) is 0. The molecule has 3 nitrogen and oxygen atoms in total. The van der Waals surface area contributed by atoms with Gasteiger partial charge in [-0.2, -0.15) is 0 Å². The molecule has 3 N–H and O–H groups in total. The van der Waals surface area contributed by atoms with E-state index in [2.05, 4.69) is 0 Å². The molecular weight excluding hydrogens is 204 g/mol. The Morgan fingerprint density at radius 2 is 1.93 bits per heavy atom. The van der Waals surface area contributed by atoms with E-state index in [1.165, 1.54) is 7.11 Å². The van der Waals surface area contributed by atoms with Crippen molar-refractivity contribution in [3.05, 3.63) is 29.3 Å². The van der Waals surface area contributed by atoms with E-state index in [1.54, 1.807) is 0 Å². The van der Waals surface area contributed by atoms with Gasteiger partial charge in [0.15, 0.2) is 0 Å². The maximum Gasteiger partial charge on any atom is 0.133 e. The van der Waals surface area contributed by atoms with Crippen LogP contribution >= 0.6 is 0 Å². The van der Waals surface area contributed by atoms with Crippen molar-refractivity contribution in [2.45, 2.75) is 5.92 Å². The maximum atomic E-state index is 13.4. The van der Waals surface area contributed by atoms with E-state index in [0.717, 1.165) is 12.1 Å². The second-order valence-electron chi connectivity index (χ2n) is 3.12. The van der Waals surface area contributed by atoms with Crippen LogP contribution in [0.3, 0.4) is 0 Å². The molecule has 0 aromatic heterocycles. The van der Waals surface area contributed by atoms with Crippen LogP contribution in [0.1, 0.15) is 11.5 Å². The molecule has 0 amide bonds. The van der Waals surface area contributed by atoms with Crippen molar-refractivity contribution in [2.75, 3.05) is 20.3 Å². The summed E-state index contributed by atoms with van der Waals surface area (Å²) in [6.07, 6.45) is 0. The van der Waals surface area contributed by atoms with Crippen LogP contribution in [0.4, 0.5) is 8.78 Å². The molecule has 0 fully saturated rings. The van der Waals surface area contributed by atoms with E-state index in [9.17, 15) is 8.78 Å². The highest BCUT2D eigenvalue weighted by Gasteiger charge is 2.19. The van der Waals surface area contributed by atoms with Gasteiger partial charge in [-0.3, -0.25) is 0 Å². The molecule has 1 aromatic carbocycles. The molecule has 0 aliphatic rings. The smallest absolute Gasteiger partial charge is 0.133 e. The number of hydrogen-bond donors (Lipinski definition) is 2. The van der Waals surface area contributed by atoms with Gasteiger partial charge in [-0.25, -0.2) is 8.78 Å². The first-order valence-electron chi connectivity index (χ1n) is 4.47. The summed E-state index contributed by atoms with van der Waals surface area (Å²) in [6, 6.07) is 2.13. The van der Waals surface area contributed by atoms with Gasteiger partial charge in [-0.05, 0) is 0 Å². The first-order valence-corrected chi connectivity index (χ1v) is 4.47. The number of ether oxygens (including phenoxy) is 1. The third kappa shape index (κ3) is 2.43. The number of nitrogens with two attached hydrogens (primary N) is 1. The summed E-state index contributed by atoms with van der Waals surface area (Å²) >= 11 is 0. The van der Waals surface area contributed by atoms with Crippen LogP contribution in [0.15, 0.2) is 12.1 Å². The summed E-state index contributed by atoms with van der Waals surface area (Å²) in [6.45, 7) is -0.409. The minimum absolute atomic E-state index is 0.0172. The van der Waals surface area contributed by atoms with E-state index in [1.807, 2.05) is 0 Å². The number of benzene rings is 1. The van der Waals surface area contributed by atoms with Crippen molar-refractivity contribution in [2.24, 2.45) is 5.73 Å². The molecule has 0 saturated carbocycles. The first kappa shape index (κ1) is 11.9. The van der Waals surface area contributed by atoms with Crippen molar-refractivity contribution in [3.8, 4) is 5.75 Å². The Morgan fingerprint density at radius 1 is 1.40 bits per heavy atom. The summed E-state index contributed by atoms with van der Waals surface area (Å²) in [7, 11) is 1.32. The lowest BCUT2D eigenvalue weighted by Crippen LogP contribution is -2.19. The molecule has 0 spiro atoms. The normalized spacial score (nSPS) is 12.6. The van der Waals surface area contributed by atoms with Crippen molar-refractivity contribution >= 4 is 0 Å². The highest BCUT2D eigenvalue weighted by Crippen LogP contribution is 2.26. The summed E-state index contributed by atoms with van der Waals surface area (Å²) in [5.74, 6) is -2.13. The molecule has 1 aromatic rings. The molecule has 15 heavy (non-hydrogen) atoms. The van der Waals surface area contributed by atoms with Crippen LogP contribution in [0, 0.1) is 11.6 Å². The van der Waals surface area contributed by atoms with Crippen molar-refractivity contribution in [1.82, 2.24) is 0 Å². The van der Waals surface area contributed by atoms with Crippen molar-refractivity contribution in [3.63, 3.8) is 0 Å². The molecule has 1 atom stereocenters. The van der Waals surface area contributed by atoms with Gasteiger partial charge >= 0.3 is 0 Å². The Morgan fingerprint density at radius 3 is 2.27 bits per heavy atom. The highest BCUT2D eigenvalue weighted by atomic mass is 19.1. The van der Waals surface area contributed by atoms with Gasteiger partial charge in [0.05, 0.1) is 13.7 Å². The van der Waals surface area contributed by atoms with Gasteiger partial charge in [-0.1, -0.05) is 0 Å². The zero-order valence-electron chi connectivity index (χ0n) is 8.34. The fraction of sp³-hybridized carbons (Fsp3) is 0.400. The lowest BCUT2D eigenvalue weighted by molar-refractivity contribution is 0.261. The molecule has 5 heteroatoms. The topological polar surface area (TPSA) is 55.5 Å². The van der Waals surface area contributed by atoms with Gasteiger partial charge in [0.2, 0.25) is 0 Å². The second-order valence-corrected chi connectivity index (χ2v) is 3.12. The number of rotatable bonds is 4. The number of halogens is 2. The van der Waals surface area contributed by atoms with E-state index < -0.39 is 24.2 Å². The second kappa shape index (κ2) is 5.04. The number of hydrogen-bond acceptors (Lipinski definition) is 3. The van der Waals surface area contributed by atoms with Crippen LogP contribution in [0.2, 0.25) is 0 Å². The molecule has 0 radical (unpaired) electrons. The number of aliphatic hydroxyl groups is 1. The predicted molar refractivity (Wildman–Crippen MR) is 51.8 cm³/mol. The van der Waals surface area contributed by atoms with Crippen LogP contribution in [0.25, 0.3) is 0 Å². The Kier molecular flexibility index (Phi) is 3.99. The lowest BCUT2D eigenvalue weighted by Gasteiger charge is -2.14. The number of methoxy groups -OCH3 is 1. The summed E-state index contributed by atoms with van der Waals surface area (Å²) in [5, 5.41) is 8.91. The minimum Gasteiger partial charge on any atom is -0.497 e. The molecular formula is C10H13F2NO2. The zero-order valence-corrected chi connectivity index (χ0v) is 8.34. The standard InChI is InChI=1S/C10H13F2NO2/c1-15-7-2-8(11)10(9(12)3-7)6(4-13)5-14/h2-3,6,14H,4-5,13H2,1H3. The molecule has 0 bridgehead atoms. The maximum absolute atomic E-state index is 13.4. The molecule has 0 aliphatic heterocycles.